The van der Waals surface area contributed by atoms with Gasteiger partial charge in [0.2, 0.25) is 0 Å². The zero-order valence-electron chi connectivity index (χ0n) is 14.7. The number of benzene rings is 2. The van der Waals surface area contributed by atoms with Crippen molar-refractivity contribution in [3.05, 3.63) is 62.9 Å². The molecule has 4 nitrogen and oxygen atoms in total. The standard InChI is InChI=1S/C21H18INO3S/c1-27-14-8-9-17-16(11-14)19-15(21(25)26)6-3-7-18(19)23(17)20(24)12-4-2-5-13(22)10-12/h2,4-5,8-11,15H,3,6-7H2,1H3,(H,25,26). The van der Waals surface area contributed by atoms with Crippen molar-refractivity contribution in [3.8, 4) is 0 Å². The van der Waals surface area contributed by atoms with Crippen LogP contribution < -0.4 is 0 Å². The highest BCUT2D eigenvalue weighted by Gasteiger charge is 2.33. The van der Waals surface area contributed by atoms with Crippen LogP contribution in [0.1, 0.15) is 40.4 Å². The second-order valence-electron chi connectivity index (χ2n) is 6.68. The smallest absolute Gasteiger partial charge is 0.311 e. The number of fused-ring (bicyclic) bond motifs is 3. The number of thioether (sulfide) groups is 1. The Labute approximate surface area is 175 Å². The van der Waals surface area contributed by atoms with Gasteiger partial charge in [0, 0.05) is 25.1 Å². The van der Waals surface area contributed by atoms with Crippen molar-refractivity contribution < 1.29 is 14.7 Å². The third-order valence-corrected chi connectivity index (χ3v) is 6.54. The third kappa shape index (κ3) is 3.18. The van der Waals surface area contributed by atoms with E-state index in [4.69, 9.17) is 0 Å². The van der Waals surface area contributed by atoms with E-state index in [0.29, 0.717) is 12.0 Å². The molecule has 1 aromatic heterocycles. The van der Waals surface area contributed by atoms with E-state index < -0.39 is 11.9 Å². The molecular weight excluding hydrogens is 473 g/mol. The summed E-state index contributed by atoms with van der Waals surface area (Å²) < 4.78 is 2.74. The molecule has 1 aliphatic rings. The SMILES string of the molecule is CSc1ccc2c(c1)c1c(n2C(=O)c2cccc(I)c2)CCCC1C(=O)O. The zero-order valence-corrected chi connectivity index (χ0v) is 17.7. The number of carbonyl (C=O) groups is 2. The molecule has 1 aliphatic carbocycles. The number of nitrogens with zero attached hydrogens (tertiary/aromatic N) is 1. The van der Waals surface area contributed by atoms with Crippen LogP contribution in [0.2, 0.25) is 0 Å². The first kappa shape index (κ1) is 18.6. The lowest BCUT2D eigenvalue weighted by atomic mass is 9.85. The normalized spacial score (nSPS) is 16.3. The van der Waals surface area contributed by atoms with Crippen LogP contribution >= 0.6 is 34.4 Å². The van der Waals surface area contributed by atoms with Crippen LogP contribution in [0.25, 0.3) is 10.9 Å². The van der Waals surface area contributed by atoms with E-state index in [2.05, 4.69) is 22.6 Å². The Morgan fingerprint density at radius 3 is 2.74 bits per heavy atom. The second kappa shape index (κ2) is 7.31. The highest BCUT2D eigenvalue weighted by atomic mass is 127. The third-order valence-electron chi connectivity index (χ3n) is 5.14. The Morgan fingerprint density at radius 1 is 1.22 bits per heavy atom. The first-order chi connectivity index (χ1) is 13.0. The quantitative estimate of drug-likeness (QED) is 0.406. The van der Waals surface area contributed by atoms with Gasteiger partial charge in [0.25, 0.3) is 5.91 Å². The lowest BCUT2D eigenvalue weighted by Crippen LogP contribution is -2.21. The topological polar surface area (TPSA) is 59.3 Å². The average molecular weight is 491 g/mol. The predicted octanol–water partition coefficient (Wildman–Crippen LogP) is 5.16. The Balaban J connectivity index is 2.01. The molecule has 0 radical (unpaired) electrons. The summed E-state index contributed by atoms with van der Waals surface area (Å²) in [6, 6.07) is 13.5. The number of carboxylic acid groups (broad SMARTS) is 1. The Kier molecular flexibility index (Phi) is 5.03. The van der Waals surface area contributed by atoms with E-state index in [9.17, 15) is 14.7 Å². The number of hydrogen-bond donors (Lipinski definition) is 1. The predicted molar refractivity (Wildman–Crippen MR) is 116 cm³/mol. The van der Waals surface area contributed by atoms with Gasteiger partial charge >= 0.3 is 5.97 Å². The number of halogens is 1. The zero-order chi connectivity index (χ0) is 19.1. The highest BCUT2D eigenvalue weighted by molar-refractivity contribution is 14.1. The van der Waals surface area contributed by atoms with Gasteiger partial charge in [-0.25, -0.2) is 0 Å². The van der Waals surface area contributed by atoms with Gasteiger partial charge in [-0.2, -0.15) is 0 Å². The van der Waals surface area contributed by atoms with Gasteiger partial charge in [0.1, 0.15) is 0 Å². The van der Waals surface area contributed by atoms with Crippen molar-refractivity contribution in [1.82, 2.24) is 4.57 Å². The highest BCUT2D eigenvalue weighted by Crippen LogP contribution is 2.41. The Bertz CT molecular complexity index is 1070. The molecule has 1 N–H and O–H groups in total. The number of aromatic nitrogens is 1. The van der Waals surface area contributed by atoms with Gasteiger partial charge in [0.15, 0.2) is 0 Å². The number of carbonyl (C=O) groups excluding carboxylic acids is 1. The molecule has 4 rings (SSSR count). The maximum Gasteiger partial charge on any atom is 0.311 e. The number of carboxylic acids is 1. The molecule has 0 amide bonds. The van der Waals surface area contributed by atoms with Gasteiger partial charge < -0.3 is 5.11 Å². The van der Waals surface area contributed by atoms with Crippen LogP contribution in [-0.2, 0) is 11.2 Å². The summed E-state index contributed by atoms with van der Waals surface area (Å²) in [5.41, 5.74) is 3.09. The summed E-state index contributed by atoms with van der Waals surface area (Å²) in [5.74, 6) is -1.47. The van der Waals surface area contributed by atoms with E-state index in [-0.39, 0.29) is 5.91 Å². The summed E-state index contributed by atoms with van der Waals surface area (Å²) in [6.07, 6.45) is 4.10. The van der Waals surface area contributed by atoms with Crippen LogP contribution in [0.15, 0.2) is 47.4 Å². The largest absolute Gasteiger partial charge is 0.481 e. The van der Waals surface area contributed by atoms with Gasteiger partial charge in [-0.3, -0.25) is 14.2 Å². The fourth-order valence-electron chi connectivity index (χ4n) is 3.96. The molecule has 3 aromatic rings. The Morgan fingerprint density at radius 2 is 2.04 bits per heavy atom. The molecule has 0 bridgehead atoms. The van der Waals surface area contributed by atoms with Crippen molar-refractivity contribution in [2.24, 2.45) is 0 Å². The van der Waals surface area contributed by atoms with Crippen molar-refractivity contribution in [2.75, 3.05) is 6.26 Å². The molecule has 1 atom stereocenters. The number of hydrogen-bond acceptors (Lipinski definition) is 3. The first-order valence-corrected chi connectivity index (χ1v) is 11.1. The summed E-state index contributed by atoms with van der Waals surface area (Å²) in [7, 11) is 0. The van der Waals surface area contributed by atoms with Gasteiger partial charge in [-0.05, 0) is 90.1 Å². The van der Waals surface area contributed by atoms with E-state index >= 15 is 0 Å². The first-order valence-electron chi connectivity index (χ1n) is 8.75. The molecule has 2 aromatic carbocycles. The molecule has 1 heterocycles. The van der Waals surface area contributed by atoms with Crippen molar-refractivity contribution in [2.45, 2.75) is 30.1 Å². The number of rotatable bonds is 3. The average Bonchev–Trinajstić information content (AvgIpc) is 3.00. The Hall–Kier alpha value is -1.80. The van der Waals surface area contributed by atoms with Gasteiger partial charge in [0.05, 0.1) is 11.4 Å². The van der Waals surface area contributed by atoms with Crippen LogP contribution in [0.3, 0.4) is 0 Å². The molecule has 0 saturated heterocycles. The monoisotopic (exact) mass is 491 g/mol. The molecule has 6 heteroatoms. The van der Waals surface area contributed by atoms with Crippen molar-refractivity contribution >= 4 is 57.1 Å². The maximum absolute atomic E-state index is 13.4. The van der Waals surface area contributed by atoms with Gasteiger partial charge in [-0.15, -0.1) is 11.8 Å². The minimum atomic E-state index is -0.814. The summed E-state index contributed by atoms with van der Waals surface area (Å²) in [5, 5.41) is 10.7. The van der Waals surface area contributed by atoms with Gasteiger partial charge in [-0.1, -0.05) is 6.07 Å². The minimum Gasteiger partial charge on any atom is -0.481 e. The summed E-state index contributed by atoms with van der Waals surface area (Å²) >= 11 is 3.81. The molecule has 0 spiro atoms. The molecule has 1 unspecified atom stereocenters. The lowest BCUT2D eigenvalue weighted by molar-refractivity contribution is -0.139. The van der Waals surface area contributed by atoms with Crippen LogP contribution in [-0.4, -0.2) is 27.8 Å². The fraction of sp³-hybridized carbons (Fsp3) is 0.238. The van der Waals surface area contributed by atoms with Crippen molar-refractivity contribution in [1.29, 1.82) is 0 Å². The van der Waals surface area contributed by atoms with E-state index in [0.717, 1.165) is 43.5 Å². The van der Waals surface area contributed by atoms with E-state index in [1.54, 1.807) is 16.3 Å². The lowest BCUT2D eigenvalue weighted by Gasteiger charge is -2.21. The minimum absolute atomic E-state index is 0.0947. The van der Waals surface area contributed by atoms with Crippen LogP contribution in [0.4, 0.5) is 0 Å². The number of aliphatic carboxylic acids is 1. The van der Waals surface area contributed by atoms with Crippen LogP contribution in [0.5, 0.6) is 0 Å². The molecule has 0 aliphatic heterocycles. The molecular formula is C21H18INO3S. The molecule has 0 fully saturated rings. The van der Waals surface area contributed by atoms with E-state index in [1.165, 1.54) is 0 Å². The second-order valence-corrected chi connectivity index (χ2v) is 8.80. The summed E-state index contributed by atoms with van der Waals surface area (Å²) in [6.45, 7) is 0. The molecule has 138 valence electrons. The van der Waals surface area contributed by atoms with Crippen molar-refractivity contribution in [3.63, 3.8) is 0 Å². The summed E-state index contributed by atoms with van der Waals surface area (Å²) in [4.78, 5) is 26.4. The van der Waals surface area contributed by atoms with Crippen LogP contribution in [0, 0.1) is 3.57 Å². The van der Waals surface area contributed by atoms with E-state index in [1.807, 2.05) is 48.7 Å². The molecule has 27 heavy (non-hydrogen) atoms. The maximum atomic E-state index is 13.4. The fourth-order valence-corrected chi connectivity index (χ4v) is 4.94. The molecule has 0 saturated carbocycles.